The highest BCUT2D eigenvalue weighted by Crippen LogP contribution is 2.22. The van der Waals surface area contributed by atoms with Crippen molar-refractivity contribution in [1.29, 1.82) is 0 Å². The van der Waals surface area contributed by atoms with Crippen LogP contribution in [0, 0.1) is 24.2 Å². The van der Waals surface area contributed by atoms with Crippen molar-refractivity contribution >= 4 is 0 Å². The number of hydrogen-bond acceptors (Lipinski definition) is 0. The first-order valence-corrected chi connectivity index (χ1v) is 4.13. The molecule has 0 spiro atoms. The Kier molecular flexibility index (Phi) is 2.98. The van der Waals surface area contributed by atoms with Crippen LogP contribution >= 0.6 is 0 Å². The first-order chi connectivity index (χ1) is 5.34. The Morgan fingerprint density at radius 2 is 2.09 bits per heavy atom. The minimum atomic E-state index is 0.628. The summed E-state index contributed by atoms with van der Waals surface area (Å²) in [6.45, 7) is 2.25. The lowest BCUT2D eigenvalue weighted by atomic mass is 9.91. The van der Waals surface area contributed by atoms with E-state index in [1.807, 2.05) is 0 Å². The molecule has 0 heterocycles. The monoisotopic (exact) mass is 146 g/mol. The van der Waals surface area contributed by atoms with Crippen molar-refractivity contribution in [2.45, 2.75) is 19.8 Å². The van der Waals surface area contributed by atoms with Crippen LogP contribution in [0.15, 0.2) is 24.3 Å². The predicted octanol–water partition coefficient (Wildman–Crippen LogP) is 2.78. The van der Waals surface area contributed by atoms with Gasteiger partial charge in [-0.3, -0.25) is 0 Å². The van der Waals surface area contributed by atoms with Crippen LogP contribution in [-0.2, 0) is 0 Å². The van der Waals surface area contributed by atoms with Crippen molar-refractivity contribution in [2.75, 3.05) is 0 Å². The van der Waals surface area contributed by atoms with Crippen LogP contribution in [0.1, 0.15) is 19.8 Å². The zero-order valence-electron chi connectivity index (χ0n) is 6.96. The summed E-state index contributed by atoms with van der Waals surface area (Å²) in [5, 5.41) is 0. The Labute approximate surface area is 69.0 Å². The molecule has 58 valence electrons. The Morgan fingerprint density at radius 3 is 2.64 bits per heavy atom. The summed E-state index contributed by atoms with van der Waals surface area (Å²) in [7, 11) is 0. The Bertz CT molecular complexity index is 191. The van der Waals surface area contributed by atoms with Crippen molar-refractivity contribution < 1.29 is 0 Å². The fourth-order valence-corrected chi connectivity index (χ4v) is 1.33. The lowest BCUT2D eigenvalue weighted by Gasteiger charge is -2.13. The fourth-order valence-electron chi connectivity index (χ4n) is 1.33. The van der Waals surface area contributed by atoms with Crippen molar-refractivity contribution in [1.82, 2.24) is 0 Å². The molecule has 0 aliphatic heterocycles. The Balaban J connectivity index is 2.30. The van der Waals surface area contributed by atoms with Crippen molar-refractivity contribution in [3.05, 3.63) is 24.3 Å². The Morgan fingerprint density at radius 1 is 1.45 bits per heavy atom. The van der Waals surface area contributed by atoms with E-state index < -0.39 is 0 Å². The number of rotatable bonds is 3. The van der Waals surface area contributed by atoms with Gasteiger partial charge in [-0.1, -0.05) is 31.2 Å². The van der Waals surface area contributed by atoms with Crippen LogP contribution in [0.3, 0.4) is 0 Å². The third kappa shape index (κ3) is 2.27. The molecule has 0 heteroatoms. The molecule has 1 aliphatic carbocycles. The average Bonchev–Trinajstić information content (AvgIpc) is 2.52. The summed E-state index contributed by atoms with van der Waals surface area (Å²) in [6, 6.07) is 0. The van der Waals surface area contributed by atoms with Crippen molar-refractivity contribution in [3.63, 3.8) is 0 Å². The molecular weight excluding hydrogens is 132 g/mol. The topological polar surface area (TPSA) is 0 Å². The molecule has 0 bridgehead atoms. The van der Waals surface area contributed by atoms with Gasteiger partial charge in [-0.25, -0.2) is 0 Å². The van der Waals surface area contributed by atoms with Gasteiger partial charge in [0, 0.05) is 6.42 Å². The lowest BCUT2D eigenvalue weighted by molar-refractivity contribution is 0.472. The molecule has 0 saturated heterocycles. The van der Waals surface area contributed by atoms with Gasteiger partial charge in [0.25, 0.3) is 0 Å². The summed E-state index contributed by atoms with van der Waals surface area (Å²) in [5.41, 5.74) is 0. The van der Waals surface area contributed by atoms with Gasteiger partial charge in [0.1, 0.15) is 0 Å². The SMILES string of the molecule is C#CCCC(C)C1C=CC=C1. The molecule has 1 unspecified atom stereocenters. The molecule has 0 amide bonds. The van der Waals surface area contributed by atoms with Crippen molar-refractivity contribution in [2.24, 2.45) is 11.8 Å². The average molecular weight is 146 g/mol. The maximum atomic E-state index is 5.19. The molecule has 0 aromatic carbocycles. The summed E-state index contributed by atoms with van der Waals surface area (Å²) >= 11 is 0. The highest BCUT2D eigenvalue weighted by Gasteiger charge is 2.11. The summed E-state index contributed by atoms with van der Waals surface area (Å²) in [6.07, 6.45) is 15.9. The highest BCUT2D eigenvalue weighted by molar-refractivity contribution is 5.18. The van der Waals surface area contributed by atoms with Crippen LogP contribution in [-0.4, -0.2) is 0 Å². The summed E-state index contributed by atoms with van der Waals surface area (Å²) < 4.78 is 0. The molecule has 0 aromatic rings. The van der Waals surface area contributed by atoms with Crippen LogP contribution in [0.5, 0.6) is 0 Å². The maximum Gasteiger partial charge on any atom is 0.00889 e. The van der Waals surface area contributed by atoms with Gasteiger partial charge in [0.15, 0.2) is 0 Å². The van der Waals surface area contributed by atoms with Gasteiger partial charge in [-0.05, 0) is 18.3 Å². The van der Waals surface area contributed by atoms with Gasteiger partial charge < -0.3 is 0 Å². The molecule has 11 heavy (non-hydrogen) atoms. The van der Waals surface area contributed by atoms with E-state index in [1.165, 1.54) is 0 Å². The largest absolute Gasteiger partial charge is 0.120 e. The second-order valence-corrected chi connectivity index (χ2v) is 3.07. The van der Waals surface area contributed by atoms with Gasteiger partial charge >= 0.3 is 0 Å². The van der Waals surface area contributed by atoms with Crippen LogP contribution in [0.25, 0.3) is 0 Å². The number of terminal acetylenes is 1. The second kappa shape index (κ2) is 4.03. The first kappa shape index (κ1) is 8.14. The normalized spacial score (nSPS) is 18.5. The molecule has 0 saturated carbocycles. The zero-order chi connectivity index (χ0) is 8.10. The van der Waals surface area contributed by atoms with E-state index in [-0.39, 0.29) is 0 Å². The van der Waals surface area contributed by atoms with E-state index in [0.717, 1.165) is 12.8 Å². The quantitative estimate of drug-likeness (QED) is 0.537. The van der Waals surface area contributed by atoms with E-state index in [0.29, 0.717) is 11.8 Å². The molecule has 0 radical (unpaired) electrons. The van der Waals surface area contributed by atoms with E-state index in [1.54, 1.807) is 0 Å². The van der Waals surface area contributed by atoms with Gasteiger partial charge in [-0.2, -0.15) is 0 Å². The molecule has 0 aromatic heterocycles. The van der Waals surface area contributed by atoms with E-state index >= 15 is 0 Å². The molecule has 0 N–H and O–H groups in total. The molecule has 0 fully saturated rings. The van der Waals surface area contributed by atoms with Crippen LogP contribution in [0.2, 0.25) is 0 Å². The number of allylic oxidation sites excluding steroid dienone is 4. The van der Waals surface area contributed by atoms with E-state index in [9.17, 15) is 0 Å². The van der Waals surface area contributed by atoms with Crippen molar-refractivity contribution in [3.8, 4) is 12.3 Å². The lowest BCUT2D eigenvalue weighted by Crippen LogP contribution is -2.04. The molecule has 1 aliphatic rings. The van der Waals surface area contributed by atoms with Crippen LogP contribution in [0.4, 0.5) is 0 Å². The summed E-state index contributed by atoms with van der Waals surface area (Å²) in [4.78, 5) is 0. The first-order valence-electron chi connectivity index (χ1n) is 4.13. The number of hydrogen-bond donors (Lipinski definition) is 0. The van der Waals surface area contributed by atoms with E-state index in [4.69, 9.17) is 6.42 Å². The zero-order valence-corrected chi connectivity index (χ0v) is 6.96. The van der Waals surface area contributed by atoms with Gasteiger partial charge in [-0.15, -0.1) is 12.3 Å². The van der Waals surface area contributed by atoms with E-state index in [2.05, 4.69) is 37.1 Å². The third-order valence-corrected chi connectivity index (χ3v) is 2.18. The minimum Gasteiger partial charge on any atom is -0.120 e. The fraction of sp³-hybridized carbons (Fsp3) is 0.455. The highest BCUT2D eigenvalue weighted by atomic mass is 14.2. The smallest absolute Gasteiger partial charge is 0.00889 e. The minimum absolute atomic E-state index is 0.628. The van der Waals surface area contributed by atoms with Gasteiger partial charge in [0.05, 0.1) is 0 Å². The molecule has 1 rings (SSSR count). The standard InChI is InChI=1S/C11H14/c1-3-4-7-10(2)11-8-5-6-9-11/h1,5-6,8-11H,4,7H2,2H3. The molecule has 1 atom stereocenters. The molecular formula is C11H14. The Hall–Kier alpha value is -0.960. The second-order valence-electron chi connectivity index (χ2n) is 3.07. The third-order valence-electron chi connectivity index (χ3n) is 2.18. The molecule has 0 nitrogen and oxygen atoms in total. The van der Waals surface area contributed by atoms with Crippen LogP contribution < -0.4 is 0 Å². The van der Waals surface area contributed by atoms with Gasteiger partial charge in [0.2, 0.25) is 0 Å². The predicted molar refractivity (Wildman–Crippen MR) is 49.0 cm³/mol. The maximum absolute atomic E-state index is 5.19. The summed E-state index contributed by atoms with van der Waals surface area (Å²) in [5.74, 6) is 4.00.